The van der Waals surface area contributed by atoms with Gasteiger partial charge < -0.3 is 20.6 Å². The molecule has 1 aromatic rings. The van der Waals surface area contributed by atoms with E-state index in [1.54, 1.807) is 24.3 Å². The molecule has 1 fully saturated rings. The van der Waals surface area contributed by atoms with Crippen molar-refractivity contribution >= 4 is 5.97 Å². The molecule has 1 heterocycles. The average Bonchev–Trinajstić information content (AvgIpc) is 2.40. The van der Waals surface area contributed by atoms with Crippen LogP contribution in [0.5, 0.6) is 5.75 Å². The molecule has 19 heavy (non-hydrogen) atoms. The van der Waals surface area contributed by atoms with Crippen LogP contribution in [0.4, 0.5) is 0 Å². The van der Waals surface area contributed by atoms with E-state index in [0.717, 1.165) is 31.2 Å². The van der Waals surface area contributed by atoms with Gasteiger partial charge in [0, 0.05) is 0 Å². The molecule has 1 aliphatic heterocycles. The monoisotopic (exact) mass is 267 g/mol. The van der Waals surface area contributed by atoms with E-state index in [4.69, 9.17) is 9.84 Å². The van der Waals surface area contributed by atoms with Crippen LogP contribution < -0.4 is 10.1 Å². The molecule has 0 amide bonds. The second-order valence-corrected chi connectivity index (χ2v) is 4.66. The largest absolute Gasteiger partial charge is 0.494 e. The number of hydrogen-bond acceptors (Lipinski definition) is 3. The van der Waals surface area contributed by atoms with Crippen molar-refractivity contribution in [2.24, 2.45) is 5.92 Å². The van der Waals surface area contributed by atoms with Crippen LogP contribution in [-0.4, -0.2) is 36.2 Å². The maximum absolute atomic E-state index is 10.7. The zero-order chi connectivity index (χ0) is 12.8. The normalized spacial score (nSPS) is 15.6. The highest BCUT2D eigenvalue weighted by molar-refractivity contribution is 5.87. The van der Waals surface area contributed by atoms with E-state index >= 15 is 0 Å². The van der Waals surface area contributed by atoms with Crippen LogP contribution >= 0.6 is 0 Å². The Morgan fingerprint density at radius 1 is 1.26 bits per heavy atom. The van der Waals surface area contributed by atoms with Gasteiger partial charge in [0.15, 0.2) is 0 Å². The predicted molar refractivity (Wildman–Crippen MR) is 72.7 cm³/mol. The Hall–Kier alpha value is -1.59. The Labute approximate surface area is 112 Å². The summed E-state index contributed by atoms with van der Waals surface area (Å²) in [6.07, 6.45) is 3.52. The van der Waals surface area contributed by atoms with Gasteiger partial charge in [-0.3, -0.25) is 0 Å². The van der Waals surface area contributed by atoms with Crippen molar-refractivity contribution < 1.29 is 20.1 Å². The van der Waals surface area contributed by atoms with Gasteiger partial charge in [0.05, 0.1) is 12.2 Å². The van der Waals surface area contributed by atoms with E-state index in [1.165, 1.54) is 12.8 Å². The molecule has 0 spiro atoms. The lowest BCUT2D eigenvalue weighted by molar-refractivity contribution is 0.0697. The molecule has 5 nitrogen and oxygen atoms in total. The van der Waals surface area contributed by atoms with Crippen LogP contribution in [0, 0.1) is 5.92 Å². The summed E-state index contributed by atoms with van der Waals surface area (Å²) in [4.78, 5) is 10.7. The third-order valence-electron chi connectivity index (χ3n) is 3.35. The fourth-order valence-electron chi connectivity index (χ4n) is 2.21. The van der Waals surface area contributed by atoms with Gasteiger partial charge in [-0.1, -0.05) is 0 Å². The van der Waals surface area contributed by atoms with E-state index in [2.05, 4.69) is 5.32 Å². The molecule has 0 radical (unpaired) electrons. The number of benzene rings is 1. The van der Waals surface area contributed by atoms with E-state index in [0.29, 0.717) is 12.2 Å². The molecule has 0 saturated carbocycles. The van der Waals surface area contributed by atoms with E-state index in [-0.39, 0.29) is 5.48 Å². The number of nitrogens with one attached hydrogen (secondary N) is 1. The van der Waals surface area contributed by atoms with Crippen molar-refractivity contribution in [1.29, 1.82) is 0 Å². The van der Waals surface area contributed by atoms with Gasteiger partial charge >= 0.3 is 5.97 Å². The Morgan fingerprint density at radius 2 is 1.89 bits per heavy atom. The van der Waals surface area contributed by atoms with Gasteiger partial charge in [0.25, 0.3) is 0 Å². The Balaban J connectivity index is 0.00000180. The molecular formula is C14H21NO4. The summed E-state index contributed by atoms with van der Waals surface area (Å²) < 4.78 is 5.63. The van der Waals surface area contributed by atoms with Crippen LogP contribution in [-0.2, 0) is 0 Å². The molecule has 1 saturated heterocycles. The molecule has 0 aromatic heterocycles. The number of carboxylic acid groups (broad SMARTS) is 1. The van der Waals surface area contributed by atoms with Crippen LogP contribution in [0.25, 0.3) is 0 Å². The second-order valence-electron chi connectivity index (χ2n) is 4.66. The fourth-order valence-corrected chi connectivity index (χ4v) is 2.21. The minimum atomic E-state index is -0.906. The zero-order valence-electron chi connectivity index (χ0n) is 10.9. The molecule has 0 unspecified atom stereocenters. The van der Waals surface area contributed by atoms with Crippen LogP contribution in [0.2, 0.25) is 0 Å². The number of hydrogen-bond donors (Lipinski definition) is 2. The molecule has 0 bridgehead atoms. The molecular weight excluding hydrogens is 246 g/mol. The maximum atomic E-state index is 10.7. The topological polar surface area (TPSA) is 90.1 Å². The highest BCUT2D eigenvalue weighted by Gasteiger charge is 2.12. The average molecular weight is 267 g/mol. The lowest BCUT2D eigenvalue weighted by Gasteiger charge is -2.22. The molecule has 1 aromatic carbocycles. The molecule has 2 rings (SSSR count). The summed E-state index contributed by atoms with van der Waals surface area (Å²) >= 11 is 0. The minimum absolute atomic E-state index is 0. The number of piperidine rings is 1. The number of ether oxygens (including phenoxy) is 1. The first-order valence-corrected chi connectivity index (χ1v) is 6.42. The standard InChI is InChI=1S/C14H19NO3.H2O/c16-14(17)12-1-3-13(4-2-12)18-10-7-11-5-8-15-9-6-11;/h1-4,11,15H,5-10H2,(H,16,17);1H2. The molecule has 106 valence electrons. The third-order valence-corrected chi connectivity index (χ3v) is 3.35. The zero-order valence-corrected chi connectivity index (χ0v) is 10.9. The number of carbonyl (C=O) groups is 1. The smallest absolute Gasteiger partial charge is 0.335 e. The van der Waals surface area contributed by atoms with Gasteiger partial charge in [-0.15, -0.1) is 0 Å². The van der Waals surface area contributed by atoms with Crippen LogP contribution in [0.1, 0.15) is 29.6 Å². The van der Waals surface area contributed by atoms with Gasteiger partial charge in [0.1, 0.15) is 5.75 Å². The van der Waals surface area contributed by atoms with Gasteiger partial charge in [-0.25, -0.2) is 4.79 Å². The highest BCUT2D eigenvalue weighted by atomic mass is 16.5. The van der Waals surface area contributed by atoms with Crippen molar-refractivity contribution in [2.75, 3.05) is 19.7 Å². The summed E-state index contributed by atoms with van der Waals surface area (Å²) in [6.45, 7) is 2.92. The predicted octanol–water partition coefficient (Wildman–Crippen LogP) is 1.33. The van der Waals surface area contributed by atoms with Crippen molar-refractivity contribution in [1.82, 2.24) is 5.32 Å². The summed E-state index contributed by atoms with van der Waals surface area (Å²) in [5.41, 5.74) is 0.292. The lowest BCUT2D eigenvalue weighted by Crippen LogP contribution is -2.28. The Kier molecular flexibility index (Phi) is 6.32. The Bertz CT molecular complexity index is 385. The lowest BCUT2D eigenvalue weighted by atomic mass is 9.95. The van der Waals surface area contributed by atoms with Crippen molar-refractivity contribution in [3.05, 3.63) is 29.8 Å². The number of aromatic carboxylic acids is 1. The van der Waals surface area contributed by atoms with E-state index in [9.17, 15) is 4.79 Å². The van der Waals surface area contributed by atoms with Gasteiger partial charge in [-0.05, 0) is 62.5 Å². The Morgan fingerprint density at radius 3 is 2.47 bits per heavy atom. The molecule has 5 heteroatoms. The third kappa shape index (κ3) is 4.89. The van der Waals surface area contributed by atoms with Crippen molar-refractivity contribution in [2.45, 2.75) is 19.3 Å². The summed E-state index contributed by atoms with van der Waals surface area (Å²) in [7, 11) is 0. The first-order valence-electron chi connectivity index (χ1n) is 6.42. The summed E-state index contributed by atoms with van der Waals surface area (Å²) in [5.74, 6) is 0.592. The summed E-state index contributed by atoms with van der Waals surface area (Å²) in [6, 6.07) is 6.57. The number of rotatable bonds is 5. The van der Waals surface area contributed by atoms with Crippen LogP contribution in [0.3, 0.4) is 0 Å². The van der Waals surface area contributed by atoms with Gasteiger partial charge in [0.2, 0.25) is 0 Å². The SMILES string of the molecule is O.O=C(O)c1ccc(OCCC2CCNCC2)cc1. The number of carboxylic acids is 1. The molecule has 0 aliphatic carbocycles. The molecule has 1 aliphatic rings. The highest BCUT2D eigenvalue weighted by Crippen LogP contribution is 2.17. The molecule has 0 atom stereocenters. The van der Waals surface area contributed by atoms with Crippen molar-refractivity contribution in [3.63, 3.8) is 0 Å². The quantitative estimate of drug-likeness (QED) is 0.842. The fraction of sp³-hybridized carbons (Fsp3) is 0.500. The van der Waals surface area contributed by atoms with Crippen LogP contribution in [0.15, 0.2) is 24.3 Å². The van der Waals surface area contributed by atoms with Gasteiger partial charge in [-0.2, -0.15) is 0 Å². The second kappa shape index (κ2) is 7.76. The minimum Gasteiger partial charge on any atom is -0.494 e. The maximum Gasteiger partial charge on any atom is 0.335 e. The first-order chi connectivity index (χ1) is 8.75. The van der Waals surface area contributed by atoms with E-state index in [1.807, 2.05) is 0 Å². The summed E-state index contributed by atoms with van der Waals surface area (Å²) in [5, 5.41) is 12.1. The van der Waals surface area contributed by atoms with E-state index < -0.39 is 5.97 Å². The first kappa shape index (κ1) is 15.5. The molecule has 4 N–H and O–H groups in total. The van der Waals surface area contributed by atoms with Crippen molar-refractivity contribution in [3.8, 4) is 5.75 Å².